The van der Waals surface area contributed by atoms with Crippen LogP contribution in [0.15, 0.2) is 108 Å². The van der Waals surface area contributed by atoms with E-state index < -0.39 is 0 Å². The predicted molar refractivity (Wildman–Crippen MR) is 215 cm³/mol. The summed E-state index contributed by atoms with van der Waals surface area (Å²) < 4.78 is 19.7. The average molecular weight is 680 g/mol. The molecule has 0 amide bonds. The maximum Gasteiger partial charge on any atom is 0.200 e. The zero-order valence-corrected chi connectivity index (χ0v) is 32.6. The highest BCUT2D eigenvalue weighted by atomic mass is 16.7. The third-order valence-corrected chi connectivity index (χ3v) is 9.29. The first-order valence-corrected chi connectivity index (χ1v) is 19.2. The fourth-order valence-corrected chi connectivity index (χ4v) is 6.54. The fourth-order valence-electron chi connectivity index (χ4n) is 6.54. The van der Waals surface area contributed by atoms with Gasteiger partial charge in [0, 0.05) is 18.0 Å². The number of hydrogen-bond acceptors (Lipinski definition) is 4. The van der Waals surface area contributed by atoms with Gasteiger partial charge >= 0.3 is 0 Å². The third-order valence-electron chi connectivity index (χ3n) is 9.29. The van der Waals surface area contributed by atoms with E-state index >= 15 is 0 Å². The first-order valence-electron chi connectivity index (χ1n) is 19.2. The van der Waals surface area contributed by atoms with Crippen LogP contribution in [0.2, 0.25) is 0 Å². The van der Waals surface area contributed by atoms with Crippen molar-refractivity contribution in [3.8, 4) is 5.75 Å². The normalized spacial score (nSPS) is 15.5. The summed E-state index contributed by atoms with van der Waals surface area (Å²) >= 11 is 0. The van der Waals surface area contributed by atoms with Gasteiger partial charge in [0.1, 0.15) is 18.1 Å². The van der Waals surface area contributed by atoms with E-state index in [1.165, 1.54) is 40.3 Å². The highest BCUT2D eigenvalue weighted by molar-refractivity contribution is 5.84. The summed E-state index contributed by atoms with van der Waals surface area (Å²) in [6.45, 7) is 18.2. The van der Waals surface area contributed by atoms with E-state index in [4.69, 9.17) is 14.2 Å². The van der Waals surface area contributed by atoms with Crippen molar-refractivity contribution < 1.29 is 14.2 Å². The molecular weight excluding hydrogens is 615 g/mol. The molecule has 50 heavy (non-hydrogen) atoms. The van der Waals surface area contributed by atoms with E-state index in [0.29, 0.717) is 31.1 Å². The lowest BCUT2D eigenvalue weighted by molar-refractivity contribution is -0.101. The quantitative estimate of drug-likeness (QED) is 0.0592. The summed E-state index contributed by atoms with van der Waals surface area (Å²) in [5.74, 6) is 2.88. The molecule has 4 rings (SSSR count). The van der Waals surface area contributed by atoms with Gasteiger partial charge < -0.3 is 19.5 Å². The SMILES string of the molecule is C/C=C(\C(OCCOC(CC(C)CCCC)Oc1ccc2cc(C(CC(C)C)NC)ccc2c1)=C(/C)C1=CC=CCC1)c1ccccc1.CC. The van der Waals surface area contributed by atoms with Crippen molar-refractivity contribution in [2.45, 2.75) is 113 Å². The van der Waals surface area contributed by atoms with Crippen LogP contribution in [-0.4, -0.2) is 26.6 Å². The predicted octanol–water partition coefficient (Wildman–Crippen LogP) is 12.8. The number of rotatable bonds is 19. The van der Waals surface area contributed by atoms with Gasteiger partial charge in [-0.15, -0.1) is 0 Å². The number of ether oxygens (including phenoxy) is 3. The molecule has 0 radical (unpaired) electrons. The summed E-state index contributed by atoms with van der Waals surface area (Å²) in [4.78, 5) is 0. The molecule has 4 nitrogen and oxygen atoms in total. The molecule has 3 aromatic rings. The van der Waals surface area contributed by atoms with Crippen LogP contribution in [0.3, 0.4) is 0 Å². The zero-order valence-electron chi connectivity index (χ0n) is 32.6. The molecule has 3 atom stereocenters. The number of hydrogen-bond donors (Lipinski definition) is 1. The lowest BCUT2D eigenvalue weighted by Crippen LogP contribution is -2.25. The van der Waals surface area contributed by atoms with Gasteiger partial charge in [-0.25, -0.2) is 0 Å². The third kappa shape index (κ3) is 12.6. The Morgan fingerprint density at radius 2 is 1.66 bits per heavy atom. The zero-order chi connectivity index (χ0) is 36.3. The van der Waals surface area contributed by atoms with E-state index in [-0.39, 0.29) is 6.29 Å². The largest absolute Gasteiger partial charge is 0.490 e. The molecule has 4 heteroatoms. The molecule has 0 saturated carbocycles. The molecular formula is C46H65NO3. The second kappa shape index (κ2) is 22.3. The first-order chi connectivity index (χ1) is 24.3. The minimum Gasteiger partial charge on any atom is -0.490 e. The van der Waals surface area contributed by atoms with Crippen LogP contribution in [0.25, 0.3) is 16.3 Å². The Bertz CT molecular complexity index is 1550. The van der Waals surface area contributed by atoms with Crippen molar-refractivity contribution in [3.05, 3.63) is 119 Å². The Morgan fingerprint density at radius 3 is 2.32 bits per heavy atom. The molecule has 0 spiro atoms. The Balaban J connectivity index is 0.00000332. The molecule has 1 aliphatic rings. The van der Waals surface area contributed by atoms with Crippen LogP contribution in [0.5, 0.6) is 5.75 Å². The second-order valence-electron chi connectivity index (χ2n) is 13.7. The van der Waals surface area contributed by atoms with Crippen LogP contribution < -0.4 is 10.1 Å². The Hall–Kier alpha value is -3.60. The standard InChI is InChI=1S/C44H59NO3.C2H6/c1-8-10-17-33(5)29-43(48-40-25-24-37-30-39(23-22-38(37)31-40)42(45-7)28-32(3)4)46-26-27-47-44(34(6)35-18-13-11-14-19-35)41(9-2)36-20-15-12-16-21-36;1-2/h9,11-13,15-16,18,20-25,30-33,42-43,45H,8,10,14,17,19,26-29H2,1-7H3;1-2H3/b41-9-,44-34-;. The van der Waals surface area contributed by atoms with E-state index in [1.807, 2.05) is 20.9 Å². The van der Waals surface area contributed by atoms with Crippen molar-refractivity contribution in [1.29, 1.82) is 0 Å². The Labute approximate surface area is 304 Å². The molecule has 0 heterocycles. The van der Waals surface area contributed by atoms with Crippen molar-refractivity contribution in [2.24, 2.45) is 11.8 Å². The molecule has 0 aromatic heterocycles. The molecule has 0 aliphatic heterocycles. The van der Waals surface area contributed by atoms with E-state index in [1.54, 1.807) is 0 Å². The van der Waals surface area contributed by atoms with Crippen LogP contribution in [-0.2, 0) is 9.47 Å². The van der Waals surface area contributed by atoms with Crippen molar-refractivity contribution in [3.63, 3.8) is 0 Å². The molecule has 0 fully saturated rings. The molecule has 3 unspecified atom stereocenters. The first kappa shape index (κ1) is 40.8. The van der Waals surface area contributed by atoms with E-state index in [0.717, 1.165) is 54.7 Å². The minimum atomic E-state index is -0.355. The van der Waals surface area contributed by atoms with Crippen LogP contribution in [0.1, 0.15) is 118 Å². The maximum absolute atomic E-state index is 6.62. The molecule has 1 aliphatic carbocycles. The van der Waals surface area contributed by atoms with Crippen LogP contribution in [0, 0.1) is 11.8 Å². The van der Waals surface area contributed by atoms with Crippen LogP contribution in [0.4, 0.5) is 0 Å². The lowest BCUT2D eigenvalue weighted by atomic mass is 9.93. The van der Waals surface area contributed by atoms with Crippen molar-refractivity contribution >= 4 is 16.3 Å². The Kier molecular flexibility index (Phi) is 18.2. The summed E-state index contributed by atoms with van der Waals surface area (Å²) in [5.41, 5.74) is 6.08. The van der Waals surface area contributed by atoms with Gasteiger partial charge in [-0.3, -0.25) is 0 Å². The van der Waals surface area contributed by atoms with Gasteiger partial charge in [-0.1, -0.05) is 134 Å². The van der Waals surface area contributed by atoms with Gasteiger partial charge in [0.25, 0.3) is 0 Å². The smallest absolute Gasteiger partial charge is 0.200 e. The van der Waals surface area contributed by atoms with E-state index in [2.05, 4.69) is 138 Å². The molecule has 3 aromatic carbocycles. The van der Waals surface area contributed by atoms with Gasteiger partial charge in [0.15, 0.2) is 6.29 Å². The molecule has 0 saturated heterocycles. The second-order valence-corrected chi connectivity index (χ2v) is 13.7. The molecule has 0 bridgehead atoms. The van der Waals surface area contributed by atoms with Gasteiger partial charge in [0.05, 0.1) is 6.61 Å². The van der Waals surface area contributed by atoms with Crippen LogP contribution >= 0.6 is 0 Å². The highest BCUT2D eigenvalue weighted by Gasteiger charge is 2.19. The van der Waals surface area contributed by atoms with Crippen molar-refractivity contribution in [1.82, 2.24) is 5.32 Å². The highest BCUT2D eigenvalue weighted by Crippen LogP contribution is 2.33. The number of fused-ring (bicyclic) bond motifs is 1. The Morgan fingerprint density at radius 1 is 0.920 bits per heavy atom. The van der Waals surface area contributed by atoms with Crippen molar-refractivity contribution in [2.75, 3.05) is 20.3 Å². The average Bonchev–Trinajstić information content (AvgIpc) is 3.15. The van der Waals surface area contributed by atoms with E-state index in [9.17, 15) is 0 Å². The monoisotopic (exact) mass is 679 g/mol. The molecule has 272 valence electrons. The topological polar surface area (TPSA) is 39.7 Å². The van der Waals surface area contributed by atoms with Gasteiger partial charge in [0.2, 0.25) is 0 Å². The number of allylic oxidation sites excluding steroid dienone is 7. The molecule has 1 N–H and O–H groups in total. The number of unbranched alkanes of at least 4 members (excludes halogenated alkanes) is 1. The summed E-state index contributed by atoms with van der Waals surface area (Å²) in [7, 11) is 2.05. The maximum atomic E-state index is 6.62. The fraction of sp³-hybridized carbons (Fsp3) is 0.478. The lowest BCUT2D eigenvalue weighted by Gasteiger charge is -2.24. The summed E-state index contributed by atoms with van der Waals surface area (Å²) in [6, 6.07) is 24.0. The minimum absolute atomic E-state index is 0.349. The summed E-state index contributed by atoms with van der Waals surface area (Å²) in [5, 5.41) is 5.89. The summed E-state index contributed by atoms with van der Waals surface area (Å²) in [6.07, 6.45) is 16.0. The number of benzene rings is 3. The number of nitrogens with one attached hydrogen (secondary N) is 1. The van der Waals surface area contributed by atoms with Gasteiger partial charge in [-0.05, 0) is 103 Å². The van der Waals surface area contributed by atoms with Gasteiger partial charge in [-0.2, -0.15) is 0 Å².